The maximum absolute atomic E-state index is 5.86. The number of aromatic nitrogens is 2. The van der Waals surface area contributed by atoms with Gasteiger partial charge in [0.25, 0.3) is 0 Å². The van der Waals surface area contributed by atoms with Gasteiger partial charge in [-0.05, 0) is 25.3 Å². The molecule has 0 saturated heterocycles. The second-order valence-corrected chi connectivity index (χ2v) is 4.28. The summed E-state index contributed by atoms with van der Waals surface area (Å²) in [4.78, 5) is 8.82. The number of aryl methyl sites for hydroxylation is 1. The molecule has 14 heavy (non-hydrogen) atoms. The van der Waals surface area contributed by atoms with Crippen molar-refractivity contribution in [1.29, 1.82) is 0 Å². The molecule has 1 fully saturated rings. The quantitative estimate of drug-likeness (QED) is 0.771. The summed E-state index contributed by atoms with van der Waals surface area (Å²) in [5, 5.41) is 0. The Hall–Kier alpha value is -0.960. The van der Waals surface area contributed by atoms with Gasteiger partial charge in [0.1, 0.15) is 5.82 Å². The minimum atomic E-state index is 0.0771. The van der Waals surface area contributed by atoms with Gasteiger partial charge >= 0.3 is 0 Å². The largest absolute Gasteiger partial charge is 0.329 e. The van der Waals surface area contributed by atoms with E-state index in [9.17, 15) is 0 Å². The highest BCUT2D eigenvalue weighted by molar-refractivity contribution is 5.13. The average molecular weight is 191 g/mol. The molecule has 0 spiro atoms. The first-order valence-corrected chi connectivity index (χ1v) is 5.26. The summed E-state index contributed by atoms with van der Waals surface area (Å²) in [7, 11) is 0. The van der Waals surface area contributed by atoms with Crippen LogP contribution in [0.4, 0.5) is 0 Å². The van der Waals surface area contributed by atoms with Gasteiger partial charge in [0.15, 0.2) is 0 Å². The zero-order valence-electron chi connectivity index (χ0n) is 8.66. The van der Waals surface area contributed by atoms with Gasteiger partial charge in [-0.2, -0.15) is 0 Å². The van der Waals surface area contributed by atoms with Crippen LogP contribution in [0.25, 0.3) is 0 Å². The second kappa shape index (κ2) is 3.65. The molecule has 1 aliphatic carbocycles. The number of hydrogen-bond donors (Lipinski definition) is 1. The van der Waals surface area contributed by atoms with Gasteiger partial charge in [0.2, 0.25) is 0 Å². The molecule has 0 radical (unpaired) electrons. The first-order valence-electron chi connectivity index (χ1n) is 5.26. The maximum atomic E-state index is 5.86. The summed E-state index contributed by atoms with van der Waals surface area (Å²) in [5.41, 5.74) is 7.05. The molecule has 3 nitrogen and oxygen atoms in total. The zero-order chi connectivity index (χ0) is 10.0. The Bertz CT molecular complexity index is 299. The van der Waals surface area contributed by atoms with E-state index in [1.807, 2.05) is 19.3 Å². The molecular formula is C11H17N3. The molecule has 0 aromatic carbocycles. The van der Waals surface area contributed by atoms with Crippen molar-refractivity contribution < 1.29 is 0 Å². The Labute approximate surface area is 84.8 Å². The maximum Gasteiger partial charge on any atom is 0.135 e. The third-order valence-corrected chi connectivity index (χ3v) is 3.21. The van der Waals surface area contributed by atoms with E-state index < -0.39 is 0 Å². The van der Waals surface area contributed by atoms with E-state index in [2.05, 4.69) is 9.97 Å². The van der Waals surface area contributed by atoms with E-state index in [0.717, 1.165) is 24.2 Å². The van der Waals surface area contributed by atoms with Crippen molar-refractivity contribution in [3.05, 3.63) is 23.8 Å². The molecule has 0 aliphatic heterocycles. The Morgan fingerprint density at radius 3 is 2.36 bits per heavy atom. The highest BCUT2D eigenvalue weighted by atomic mass is 14.9. The Balaban J connectivity index is 2.31. The lowest BCUT2D eigenvalue weighted by Crippen LogP contribution is -2.34. The Morgan fingerprint density at radius 1 is 1.29 bits per heavy atom. The van der Waals surface area contributed by atoms with Crippen LogP contribution in [-0.2, 0) is 5.41 Å². The Morgan fingerprint density at radius 2 is 1.86 bits per heavy atom. The Kier molecular flexibility index (Phi) is 2.50. The summed E-state index contributed by atoms with van der Waals surface area (Å²) in [5.74, 6) is 0.947. The predicted molar refractivity (Wildman–Crippen MR) is 56.0 cm³/mol. The van der Waals surface area contributed by atoms with E-state index in [-0.39, 0.29) is 5.41 Å². The van der Waals surface area contributed by atoms with Crippen LogP contribution >= 0.6 is 0 Å². The smallest absolute Gasteiger partial charge is 0.135 e. The third kappa shape index (κ3) is 1.52. The molecule has 0 amide bonds. The molecule has 3 heteroatoms. The van der Waals surface area contributed by atoms with Crippen LogP contribution in [0.1, 0.15) is 37.1 Å². The van der Waals surface area contributed by atoms with Crippen LogP contribution in [0.15, 0.2) is 12.4 Å². The van der Waals surface area contributed by atoms with Gasteiger partial charge in [-0.3, -0.25) is 0 Å². The van der Waals surface area contributed by atoms with Crippen LogP contribution in [0, 0.1) is 6.92 Å². The fourth-order valence-corrected chi connectivity index (χ4v) is 2.24. The van der Waals surface area contributed by atoms with Crippen molar-refractivity contribution in [3.8, 4) is 0 Å². The highest BCUT2D eigenvalue weighted by Crippen LogP contribution is 2.38. The van der Waals surface area contributed by atoms with Gasteiger partial charge in [0.05, 0.1) is 0 Å². The van der Waals surface area contributed by atoms with Crippen LogP contribution in [0.3, 0.4) is 0 Å². The fraction of sp³-hybridized carbons (Fsp3) is 0.636. The minimum absolute atomic E-state index is 0.0771. The molecule has 0 bridgehead atoms. The van der Waals surface area contributed by atoms with Crippen LogP contribution in [0.5, 0.6) is 0 Å². The van der Waals surface area contributed by atoms with Crippen molar-refractivity contribution in [2.45, 2.75) is 38.0 Å². The van der Waals surface area contributed by atoms with Crippen molar-refractivity contribution in [1.82, 2.24) is 9.97 Å². The normalized spacial score (nSPS) is 19.9. The molecule has 1 heterocycles. The summed E-state index contributed by atoms with van der Waals surface area (Å²) in [6, 6.07) is 0. The van der Waals surface area contributed by atoms with E-state index in [0.29, 0.717) is 6.54 Å². The average Bonchev–Trinajstić information content (AvgIpc) is 2.68. The highest BCUT2D eigenvalue weighted by Gasteiger charge is 2.36. The van der Waals surface area contributed by atoms with Crippen LogP contribution in [0.2, 0.25) is 0 Å². The molecule has 1 aromatic heterocycles. The summed E-state index contributed by atoms with van der Waals surface area (Å²) in [6.07, 6.45) is 8.58. The SMILES string of the molecule is Cc1cnc(C2(CN)CCCC2)nc1. The topological polar surface area (TPSA) is 51.8 Å². The van der Waals surface area contributed by atoms with Crippen LogP contribution in [-0.4, -0.2) is 16.5 Å². The number of rotatable bonds is 2. The fourth-order valence-electron chi connectivity index (χ4n) is 2.24. The lowest BCUT2D eigenvalue weighted by Gasteiger charge is -2.24. The monoisotopic (exact) mass is 191 g/mol. The molecule has 1 saturated carbocycles. The second-order valence-electron chi connectivity index (χ2n) is 4.28. The molecule has 0 unspecified atom stereocenters. The van der Waals surface area contributed by atoms with E-state index in [4.69, 9.17) is 5.73 Å². The van der Waals surface area contributed by atoms with Crippen molar-refractivity contribution in [2.24, 2.45) is 5.73 Å². The number of nitrogens with zero attached hydrogens (tertiary/aromatic N) is 2. The minimum Gasteiger partial charge on any atom is -0.329 e. The molecule has 2 rings (SSSR count). The molecular weight excluding hydrogens is 174 g/mol. The lowest BCUT2D eigenvalue weighted by molar-refractivity contribution is 0.424. The van der Waals surface area contributed by atoms with Gasteiger partial charge in [-0.1, -0.05) is 12.8 Å². The van der Waals surface area contributed by atoms with Crippen molar-refractivity contribution in [2.75, 3.05) is 6.54 Å². The number of hydrogen-bond acceptors (Lipinski definition) is 3. The molecule has 1 aliphatic rings. The lowest BCUT2D eigenvalue weighted by atomic mass is 9.85. The first-order chi connectivity index (χ1) is 6.77. The summed E-state index contributed by atoms with van der Waals surface area (Å²) < 4.78 is 0. The molecule has 76 valence electrons. The standard InChI is InChI=1S/C11H17N3/c1-9-6-13-10(14-7-9)11(8-12)4-2-3-5-11/h6-7H,2-5,8,12H2,1H3. The van der Waals surface area contributed by atoms with Crippen molar-refractivity contribution >= 4 is 0 Å². The molecule has 2 N–H and O–H groups in total. The van der Waals surface area contributed by atoms with Gasteiger partial charge in [-0.25, -0.2) is 9.97 Å². The first kappa shape index (κ1) is 9.59. The van der Waals surface area contributed by atoms with E-state index in [1.165, 1.54) is 12.8 Å². The van der Waals surface area contributed by atoms with Crippen molar-refractivity contribution in [3.63, 3.8) is 0 Å². The summed E-state index contributed by atoms with van der Waals surface area (Å²) in [6.45, 7) is 2.68. The van der Waals surface area contributed by atoms with E-state index in [1.54, 1.807) is 0 Å². The molecule has 1 aromatic rings. The van der Waals surface area contributed by atoms with Gasteiger partial charge in [0, 0.05) is 24.4 Å². The zero-order valence-corrected chi connectivity index (χ0v) is 8.66. The van der Waals surface area contributed by atoms with Gasteiger partial charge in [-0.15, -0.1) is 0 Å². The third-order valence-electron chi connectivity index (χ3n) is 3.21. The predicted octanol–water partition coefficient (Wildman–Crippen LogP) is 1.56. The summed E-state index contributed by atoms with van der Waals surface area (Å²) >= 11 is 0. The molecule has 0 atom stereocenters. The number of nitrogens with two attached hydrogens (primary N) is 1. The van der Waals surface area contributed by atoms with Crippen LogP contribution < -0.4 is 5.73 Å². The van der Waals surface area contributed by atoms with Gasteiger partial charge < -0.3 is 5.73 Å². The van der Waals surface area contributed by atoms with E-state index >= 15 is 0 Å².